The van der Waals surface area contributed by atoms with Crippen molar-refractivity contribution in [3.63, 3.8) is 0 Å². The van der Waals surface area contributed by atoms with Gasteiger partial charge >= 0.3 is 0 Å². The number of aryl methyl sites for hydroxylation is 1. The summed E-state index contributed by atoms with van der Waals surface area (Å²) in [5.74, 6) is 0.900. The fourth-order valence-electron chi connectivity index (χ4n) is 4.19. The maximum atomic E-state index is 6.28. The number of benzene rings is 2. The molecular weight excluding hydrogens is 396 g/mol. The molecule has 0 radical (unpaired) electrons. The van der Waals surface area contributed by atoms with Crippen LogP contribution in [0.4, 0.5) is 11.5 Å². The van der Waals surface area contributed by atoms with Gasteiger partial charge in [0.2, 0.25) is 0 Å². The smallest absolute Gasteiger partial charge is 0.144 e. The monoisotopic (exact) mass is 412 g/mol. The van der Waals surface area contributed by atoms with E-state index in [0.717, 1.165) is 62.6 Å². The first-order valence-corrected chi connectivity index (χ1v) is 10.1. The third-order valence-electron chi connectivity index (χ3n) is 5.75. The van der Waals surface area contributed by atoms with Gasteiger partial charge in [-0.15, -0.1) is 0 Å². The molecular formula is C23H17ClN6. The number of pyridine rings is 1. The van der Waals surface area contributed by atoms with Crippen LogP contribution in [-0.2, 0) is 13.5 Å². The Balaban J connectivity index is 1.52. The van der Waals surface area contributed by atoms with Crippen LogP contribution in [0.3, 0.4) is 0 Å². The van der Waals surface area contributed by atoms with Crippen LogP contribution in [0, 0.1) is 0 Å². The average molecular weight is 413 g/mol. The molecule has 1 aliphatic rings. The van der Waals surface area contributed by atoms with E-state index < -0.39 is 0 Å². The van der Waals surface area contributed by atoms with Crippen molar-refractivity contribution in [2.24, 2.45) is 7.05 Å². The number of nitrogens with zero attached hydrogens (tertiary/aromatic N) is 6. The molecule has 4 heterocycles. The van der Waals surface area contributed by atoms with Gasteiger partial charge in [0.1, 0.15) is 17.7 Å². The number of halogens is 1. The summed E-state index contributed by atoms with van der Waals surface area (Å²) >= 11 is 6.28. The maximum Gasteiger partial charge on any atom is 0.144 e. The number of hydrogen-bond donors (Lipinski definition) is 0. The predicted octanol–water partition coefficient (Wildman–Crippen LogP) is 4.93. The van der Waals surface area contributed by atoms with E-state index >= 15 is 0 Å². The summed E-state index contributed by atoms with van der Waals surface area (Å²) in [6, 6.07) is 14.4. The van der Waals surface area contributed by atoms with E-state index in [2.05, 4.69) is 49.2 Å². The molecule has 146 valence electrons. The second-order valence-electron chi connectivity index (χ2n) is 7.50. The number of aromatic nitrogens is 5. The molecule has 0 atom stereocenters. The normalized spacial score (nSPS) is 13.3. The second-order valence-corrected chi connectivity index (χ2v) is 7.94. The number of anilines is 2. The Hall–Kier alpha value is -3.51. The Labute approximate surface area is 177 Å². The van der Waals surface area contributed by atoms with E-state index in [4.69, 9.17) is 11.6 Å². The molecule has 2 aromatic carbocycles. The van der Waals surface area contributed by atoms with E-state index in [1.54, 1.807) is 12.5 Å². The molecule has 0 saturated heterocycles. The van der Waals surface area contributed by atoms with Crippen LogP contribution < -0.4 is 4.90 Å². The first-order chi connectivity index (χ1) is 14.7. The topological polar surface area (TPSA) is 59.7 Å². The molecule has 1 aliphatic heterocycles. The highest BCUT2D eigenvalue weighted by Gasteiger charge is 2.23. The highest BCUT2D eigenvalue weighted by Crippen LogP contribution is 2.38. The molecule has 6 nitrogen and oxygen atoms in total. The summed E-state index contributed by atoms with van der Waals surface area (Å²) in [7, 11) is 1.93. The molecule has 0 N–H and O–H groups in total. The van der Waals surface area contributed by atoms with Crippen LogP contribution in [0.5, 0.6) is 0 Å². The van der Waals surface area contributed by atoms with Crippen molar-refractivity contribution in [2.75, 3.05) is 11.4 Å². The van der Waals surface area contributed by atoms with Gasteiger partial charge in [-0.3, -0.25) is 9.67 Å². The van der Waals surface area contributed by atoms with E-state index in [1.807, 2.05) is 36.1 Å². The fourth-order valence-corrected chi connectivity index (χ4v) is 4.36. The minimum absolute atomic E-state index is 0.732. The van der Waals surface area contributed by atoms with Crippen molar-refractivity contribution in [1.29, 1.82) is 0 Å². The van der Waals surface area contributed by atoms with Crippen LogP contribution in [-0.4, -0.2) is 31.3 Å². The van der Waals surface area contributed by atoms with Gasteiger partial charge in [0, 0.05) is 41.4 Å². The average Bonchev–Trinajstić information content (AvgIpc) is 3.36. The third-order valence-corrected chi connectivity index (χ3v) is 5.98. The number of fused-ring (bicyclic) bond motifs is 3. The van der Waals surface area contributed by atoms with Crippen LogP contribution >= 0.6 is 11.6 Å². The van der Waals surface area contributed by atoms with Gasteiger partial charge in [-0.1, -0.05) is 23.7 Å². The first kappa shape index (κ1) is 17.4. The Morgan fingerprint density at radius 1 is 0.900 bits per heavy atom. The summed E-state index contributed by atoms with van der Waals surface area (Å²) in [6.07, 6.45) is 6.27. The van der Waals surface area contributed by atoms with Gasteiger partial charge in [-0.2, -0.15) is 5.10 Å². The van der Waals surface area contributed by atoms with Crippen LogP contribution in [0.2, 0.25) is 5.02 Å². The number of hydrogen-bond acceptors (Lipinski definition) is 5. The zero-order chi connectivity index (χ0) is 20.2. The first-order valence-electron chi connectivity index (χ1n) is 9.76. The summed E-state index contributed by atoms with van der Waals surface area (Å²) in [6.45, 7) is 0.870. The molecule has 3 aromatic heterocycles. The molecule has 0 unspecified atom stereocenters. The quantitative estimate of drug-likeness (QED) is 0.411. The predicted molar refractivity (Wildman–Crippen MR) is 119 cm³/mol. The lowest BCUT2D eigenvalue weighted by atomic mass is 10.0. The molecule has 0 amide bonds. The van der Waals surface area contributed by atoms with Crippen molar-refractivity contribution in [1.82, 2.24) is 24.7 Å². The van der Waals surface area contributed by atoms with Crippen LogP contribution in [0.1, 0.15) is 5.56 Å². The zero-order valence-electron chi connectivity index (χ0n) is 16.2. The van der Waals surface area contributed by atoms with Crippen molar-refractivity contribution >= 4 is 45.0 Å². The van der Waals surface area contributed by atoms with Crippen LogP contribution in [0.25, 0.3) is 33.1 Å². The summed E-state index contributed by atoms with van der Waals surface area (Å²) in [4.78, 5) is 15.9. The Bertz CT molecular complexity index is 1440. The lowest BCUT2D eigenvalue weighted by Crippen LogP contribution is -2.15. The van der Waals surface area contributed by atoms with Crippen molar-refractivity contribution in [3.8, 4) is 11.1 Å². The summed E-state index contributed by atoms with van der Waals surface area (Å²) in [5, 5.41) is 6.03. The standard InChI is InChI=1S/C23H17ClN6/c1-29-22-9-16(11-25-20(22)12-28-29)15-3-5-19-18(8-15)23(27-13-26-19)30-7-6-14-2-4-17(24)10-21(14)30/h2-5,8-13H,6-7H2,1H3. The lowest BCUT2D eigenvalue weighted by molar-refractivity contribution is 0.797. The SMILES string of the molecule is Cn1ncc2ncc(-c3ccc4ncnc(N5CCc6ccc(Cl)cc65)c4c3)cc21. The van der Waals surface area contributed by atoms with E-state index in [0.29, 0.717) is 0 Å². The highest BCUT2D eigenvalue weighted by atomic mass is 35.5. The Kier molecular flexibility index (Phi) is 3.76. The summed E-state index contributed by atoms with van der Waals surface area (Å²) in [5.41, 5.74) is 7.30. The van der Waals surface area contributed by atoms with Gasteiger partial charge in [0.25, 0.3) is 0 Å². The minimum atomic E-state index is 0.732. The molecule has 7 heteroatoms. The van der Waals surface area contributed by atoms with Gasteiger partial charge in [-0.25, -0.2) is 9.97 Å². The van der Waals surface area contributed by atoms with E-state index in [-0.39, 0.29) is 0 Å². The van der Waals surface area contributed by atoms with Gasteiger partial charge in [0.05, 0.1) is 17.2 Å². The van der Waals surface area contributed by atoms with E-state index in [1.165, 1.54) is 5.56 Å². The molecule has 6 rings (SSSR count). The van der Waals surface area contributed by atoms with Gasteiger partial charge in [0.15, 0.2) is 0 Å². The Morgan fingerprint density at radius 2 is 1.83 bits per heavy atom. The molecule has 30 heavy (non-hydrogen) atoms. The molecule has 0 spiro atoms. The molecule has 0 bridgehead atoms. The van der Waals surface area contributed by atoms with Crippen molar-refractivity contribution in [2.45, 2.75) is 6.42 Å². The lowest BCUT2D eigenvalue weighted by Gasteiger charge is -2.20. The largest absolute Gasteiger partial charge is 0.325 e. The zero-order valence-corrected chi connectivity index (χ0v) is 17.0. The molecule has 0 aliphatic carbocycles. The van der Waals surface area contributed by atoms with Crippen LogP contribution in [0.15, 0.2) is 61.2 Å². The second kappa shape index (κ2) is 6.50. The van der Waals surface area contributed by atoms with E-state index in [9.17, 15) is 0 Å². The highest BCUT2D eigenvalue weighted by molar-refractivity contribution is 6.31. The minimum Gasteiger partial charge on any atom is -0.325 e. The van der Waals surface area contributed by atoms with Crippen molar-refractivity contribution < 1.29 is 0 Å². The van der Waals surface area contributed by atoms with Gasteiger partial charge < -0.3 is 4.90 Å². The molecule has 0 fully saturated rings. The maximum absolute atomic E-state index is 6.28. The number of rotatable bonds is 2. The molecule has 0 saturated carbocycles. The third kappa shape index (κ3) is 2.64. The fraction of sp³-hybridized carbons (Fsp3) is 0.130. The summed E-state index contributed by atoms with van der Waals surface area (Å²) < 4.78 is 1.84. The van der Waals surface area contributed by atoms with Gasteiger partial charge in [-0.05, 0) is 47.9 Å². The Morgan fingerprint density at radius 3 is 2.77 bits per heavy atom. The molecule has 5 aromatic rings. The van der Waals surface area contributed by atoms with Crippen molar-refractivity contribution in [3.05, 3.63) is 71.8 Å².